The van der Waals surface area contributed by atoms with E-state index in [0.717, 1.165) is 12.8 Å². The molecular formula is C18H23N3O2. The Hall–Kier alpha value is -2.14. The fraction of sp³-hybridized carbons (Fsp3) is 0.444. The molecule has 5 nitrogen and oxygen atoms in total. The van der Waals surface area contributed by atoms with Gasteiger partial charge in [-0.05, 0) is 36.8 Å². The number of fused-ring (bicyclic) bond motifs is 1. The highest BCUT2D eigenvalue weighted by Gasteiger charge is 2.31. The topological polar surface area (TPSA) is 75.4 Å². The van der Waals surface area contributed by atoms with E-state index in [4.69, 9.17) is 5.73 Å². The summed E-state index contributed by atoms with van der Waals surface area (Å²) in [6, 6.07) is 7.77. The zero-order valence-electron chi connectivity index (χ0n) is 13.4. The van der Waals surface area contributed by atoms with Gasteiger partial charge in [-0.15, -0.1) is 0 Å². The number of rotatable bonds is 6. The maximum Gasteiger partial charge on any atom is 0.246 e. The van der Waals surface area contributed by atoms with Crippen molar-refractivity contribution in [3.8, 4) is 0 Å². The second-order valence-corrected chi connectivity index (χ2v) is 6.48. The van der Waals surface area contributed by atoms with Gasteiger partial charge in [0.2, 0.25) is 11.8 Å². The van der Waals surface area contributed by atoms with Crippen LogP contribution in [0.3, 0.4) is 0 Å². The largest absolute Gasteiger partial charge is 0.368 e. The molecule has 2 aliphatic rings. The number of benzene rings is 1. The van der Waals surface area contributed by atoms with Crippen molar-refractivity contribution in [2.24, 2.45) is 11.7 Å². The second-order valence-electron chi connectivity index (χ2n) is 6.48. The lowest BCUT2D eigenvalue weighted by Crippen LogP contribution is -2.44. The number of primary amides is 1. The van der Waals surface area contributed by atoms with E-state index in [1.54, 1.807) is 13.0 Å². The smallest absolute Gasteiger partial charge is 0.246 e. The van der Waals surface area contributed by atoms with Gasteiger partial charge in [0, 0.05) is 25.2 Å². The Labute approximate surface area is 136 Å². The van der Waals surface area contributed by atoms with Gasteiger partial charge in [0.25, 0.3) is 0 Å². The summed E-state index contributed by atoms with van der Waals surface area (Å²) in [5.74, 6) is 0.141. The minimum Gasteiger partial charge on any atom is -0.368 e. The molecule has 1 aromatic rings. The van der Waals surface area contributed by atoms with Crippen LogP contribution >= 0.6 is 0 Å². The van der Waals surface area contributed by atoms with E-state index in [0.29, 0.717) is 19.0 Å². The van der Waals surface area contributed by atoms with Crippen LogP contribution < -0.4 is 11.1 Å². The summed E-state index contributed by atoms with van der Waals surface area (Å²) in [7, 11) is 0. The van der Waals surface area contributed by atoms with Gasteiger partial charge < -0.3 is 10.6 Å². The Morgan fingerprint density at radius 1 is 1.26 bits per heavy atom. The molecule has 1 aromatic carbocycles. The molecule has 3 N–H and O–H groups in total. The molecule has 5 heteroatoms. The summed E-state index contributed by atoms with van der Waals surface area (Å²) < 4.78 is 0. The molecule has 2 atom stereocenters. The first-order valence-corrected chi connectivity index (χ1v) is 8.14. The van der Waals surface area contributed by atoms with Crippen LogP contribution in [0.2, 0.25) is 0 Å². The van der Waals surface area contributed by atoms with Crippen LogP contribution in [-0.2, 0) is 22.7 Å². The molecular weight excluding hydrogens is 290 g/mol. The molecule has 1 heterocycles. The van der Waals surface area contributed by atoms with Gasteiger partial charge >= 0.3 is 0 Å². The predicted octanol–water partition coefficient (Wildman–Crippen LogP) is 1.33. The quantitative estimate of drug-likeness (QED) is 0.778. The number of hydrogen-bond donors (Lipinski definition) is 2. The molecule has 1 aliphatic heterocycles. The average molecular weight is 313 g/mol. The lowest BCUT2D eigenvalue weighted by atomic mass is 10.1. The SMILES string of the molecule is C[C@H](N[C@H](/C=C/C(=O)N1Cc2ccccc2C1)C1CC1)C(N)=O. The molecule has 0 unspecified atom stereocenters. The van der Waals surface area contributed by atoms with Crippen molar-refractivity contribution < 1.29 is 9.59 Å². The molecule has 0 bridgehead atoms. The van der Waals surface area contributed by atoms with Crippen LogP contribution in [0.15, 0.2) is 36.4 Å². The van der Waals surface area contributed by atoms with Crippen molar-refractivity contribution in [1.29, 1.82) is 0 Å². The molecule has 0 spiro atoms. The van der Waals surface area contributed by atoms with Crippen molar-refractivity contribution in [3.63, 3.8) is 0 Å². The van der Waals surface area contributed by atoms with Gasteiger partial charge in [0.15, 0.2) is 0 Å². The third-order valence-electron chi connectivity index (χ3n) is 4.60. The Kier molecular flexibility index (Phi) is 4.48. The highest BCUT2D eigenvalue weighted by molar-refractivity contribution is 5.88. The molecule has 1 saturated carbocycles. The van der Waals surface area contributed by atoms with Crippen molar-refractivity contribution in [2.75, 3.05) is 0 Å². The van der Waals surface area contributed by atoms with Gasteiger partial charge in [-0.2, -0.15) is 0 Å². The molecule has 122 valence electrons. The van der Waals surface area contributed by atoms with Gasteiger partial charge in [0.05, 0.1) is 6.04 Å². The number of amides is 2. The van der Waals surface area contributed by atoms with E-state index in [1.165, 1.54) is 11.1 Å². The third kappa shape index (κ3) is 3.79. The molecule has 0 saturated heterocycles. The van der Waals surface area contributed by atoms with Gasteiger partial charge in [-0.1, -0.05) is 30.3 Å². The molecule has 1 fully saturated rings. The standard InChI is InChI=1S/C18H23N3O2/c1-12(18(19)23)20-16(13-6-7-13)8-9-17(22)21-10-14-4-2-3-5-15(14)11-21/h2-5,8-9,12-13,16,20H,6-7,10-11H2,1H3,(H2,19,23)/b9-8+/t12-,16+/m0/s1. The number of carbonyl (C=O) groups excluding carboxylic acids is 2. The Bertz CT molecular complexity index is 612. The van der Waals surface area contributed by atoms with E-state index >= 15 is 0 Å². The fourth-order valence-electron chi connectivity index (χ4n) is 2.96. The minimum absolute atomic E-state index is 0.0142. The summed E-state index contributed by atoms with van der Waals surface area (Å²) in [5.41, 5.74) is 7.74. The highest BCUT2D eigenvalue weighted by atomic mass is 16.2. The summed E-state index contributed by atoms with van der Waals surface area (Å²) in [4.78, 5) is 25.4. The number of nitrogens with two attached hydrogens (primary N) is 1. The number of hydrogen-bond acceptors (Lipinski definition) is 3. The summed E-state index contributed by atoms with van der Waals surface area (Å²) in [5, 5.41) is 3.21. The molecule has 23 heavy (non-hydrogen) atoms. The Balaban J connectivity index is 1.60. The fourth-order valence-corrected chi connectivity index (χ4v) is 2.96. The third-order valence-corrected chi connectivity index (χ3v) is 4.60. The maximum absolute atomic E-state index is 12.4. The van der Waals surface area contributed by atoms with Crippen LogP contribution in [-0.4, -0.2) is 28.8 Å². The van der Waals surface area contributed by atoms with Crippen LogP contribution in [0.5, 0.6) is 0 Å². The molecule has 2 amide bonds. The first-order valence-electron chi connectivity index (χ1n) is 8.14. The number of nitrogens with zero attached hydrogens (tertiary/aromatic N) is 1. The summed E-state index contributed by atoms with van der Waals surface area (Å²) in [6.07, 6.45) is 5.77. The van der Waals surface area contributed by atoms with E-state index in [1.807, 2.05) is 23.1 Å². The Morgan fingerprint density at radius 3 is 2.39 bits per heavy atom. The van der Waals surface area contributed by atoms with E-state index in [9.17, 15) is 9.59 Å². The average Bonchev–Trinajstić information content (AvgIpc) is 3.28. The van der Waals surface area contributed by atoms with Crippen LogP contribution in [0.25, 0.3) is 0 Å². The van der Waals surface area contributed by atoms with Crippen molar-refractivity contribution in [3.05, 3.63) is 47.5 Å². The van der Waals surface area contributed by atoms with Crippen LogP contribution in [0, 0.1) is 5.92 Å². The summed E-state index contributed by atoms with van der Waals surface area (Å²) in [6.45, 7) is 3.08. The molecule has 0 radical (unpaired) electrons. The summed E-state index contributed by atoms with van der Waals surface area (Å²) >= 11 is 0. The van der Waals surface area contributed by atoms with Crippen molar-refractivity contribution in [2.45, 2.75) is 44.9 Å². The van der Waals surface area contributed by atoms with Gasteiger partial charge in [-0.25, -0.2) is 0 Å². The van der Waals surface area contributed by atoms with Gasteiger partial charge in [-0.3, -0.25) is 14.9 Å². The first-order chi connectivity index (χ1) is 11.0. The lowest BCUT2D eigenvalue weighted by molar-refractivity contribution is -0.126. The molecule has 1 aliphatic carbocycles. The highest BCUT2D eigenvalue weighted by Crippen LogP contribution is 2.33. The van der Waals surface area contributed by atoms with E-state index in [2.05, 4.69) is 17.4 Å². The molecule has 0 aromatic heterocycles. The Morgan fingerprint density at radius 2 is 1.87 bits per heavy atom. The van der Waals surface area contributed by atoms with Gasteiger partial charge in [0.1, 0.15) is 0 Å². The van der Waals surface area contributed by atoms with Crippen LogP contribution in [0.4, 0.5) is 0 Å². The van der Waals surface area contributed by atoms with Crippen molar-refractivity contribution >= 4 is 11.8 Å². The number of nitrogens with one attached hydrogen (secondary N) is 1. The second kappa shape index (κ2) is 6.54. The minimum atomic E-state index is -0.392. The molecule has 3 rings (SSSR count). The zero-order chi connectivity index (χ0) is 16.4. The van der Waals surface area contributed by atoms with Crippen LogP contribution in [0.1, 0.15) is 30.9 Å². The van der Waals surface area contributed by atoms with Crippen molar-refractivity contribution in [1.82, 2.24) is 10.2 Å². The van der Waals surface area contributed by atoms with E-state index < -0.39 is 6.04 Å². The number of carbonyl (C=O) groups is 2. The maximum atomic E-state index is 12.4. The predicted molar refractivity (Wildman–Crippen MR) is 88.1 cm³/mol. The zero-order valence-corrected chi connectivity index (χ0v) is 13.4. The first kappa shape index (κ1) is 15.7. The van der Waals surface area contributed by atoms with E-state index in [-0.39, 0.29) is 17.9 Å². The lowest BCUT2D eigenvalue weighted by Gasteiger charge is -2.19. The normalized spacial score (nSPS) is 19.6. The monoisotopic (exact) mass is 313 g/mol.